The van der Waals surface area contributed by atoms with Gasteiger partial charge in [0, 0.05) is 0 Å². The fraction of sp³-hybridized carbons (Fsp3) is 0.333. The van der Waals surface area contributed by atoms with Gasteiger partial charge < -0.3 is 0 Å². The Kier molecular flexibility index (Phi) is 6.19. The molecule has 2 N–H and O–H groups in total. The summed E-state index contributed by atoms with van der Waals surface area (Å²) < 4.78 is 100.0. The Balaban J connectivity index is 3.17. The van der Waals surface area contributed by atoms with Crippen LogP contribution >= 0.6 is 7.91 Å². The van der Waals surface area contributed by atoms with Crippen molar-refractivity contribution in [3.63, 3.8) is 0 Å². The number of hydrogen-bond donors (Lipinski definition) is 2. The summed E-state index contributed by atoms with van der Waals surface area (Å²) in [6, 6.07) is 0. The number of halogens is 7. The first kappa shape index (κ1) is 20.6. The molecule has 0 bridgehead atoms. The Bertz CT molecular complexity index is 630. The molecule has 136 valence electrons. The van der Waals surface area contributed by atoms with Crippen LogP contribution in [0.4, 0.5) is 30.3 Å². The van der Waals surface area contributed by atoms with Gasteiger partial charge >= 0.3 is 130 Å². The zero-order valence-electron chi connectivity index (χ0n) is 11.6. The van der Waals surface area contributed by atoms with Gasteiger partial charge in [-0.05, 0) is 0 Å². The molecule has 0 saturated heterocycles. The van der Waals surface area contributed by atoms with Gasteiger partial charge in [-0.2, -0.15) is 0 Å². The Hall–Kier alpha value is -1.44. The van der Waals surface area contributed by atoms with Crippen molar-refractivity contribution in [1.82, 2.24) is 0 Å². The van der Waals surface area contributed by atoms with Crippen molar-refractivity contribution in [2.45, 2.75) is 12.5 Å². The molecule has 1 aromatic carbocycles. The molecule has 0 aliphatic rings. The van der Waals surface area contributed by atoms with Crippen LogP contribution < -0.4 is 0 Å². The second-order valence-corrected chi connectivity index (χ2v) is 6.18. The van der Waals surface area contributed by atoms with E-state index in [4.69, 9.17) is 16.2 Å². The molecular formula is C12H10F7O4P. The molecule has 0 radical (unpaired) electrons. The summed E-state index contributed by atoms with van der Waals surface area (Å²) >= 11 is 0. The second-order valence-electron chi connectivity index (χ2n) is 4.46. The zero-order chi connectivity index (χ0) is 18.7. The van der Waals surface area contributed by atoms with Crippen molar-refractivity contribution in [3.8, 4) is 12.3 Å². The van der Waals surface area contributed by atoms with Crippen molar-refractivity contribution in [1.29, 1.82) is 0 Å². The summed E-state index contributed by atoms with van der Waals surface area (Å²) in [6.45, 7) is -1.40. The molecule has 1 rings (SSSR count). The van der Waals surface area contributed by atoms with E-state index < -0.39 is 68.3 Å². The molecule has 0 spiro atoms. The van der Waals surface area contributed by atoms with Crippen LogP contribution in [0.3, 0.4) is 0 Å². The van der Waals surface area contributed by atoms with Gasteiger partial charge in [-0.3, -0.25) is 0 Å². The third kappa shape index (κ3) is 5.58. The minimum absolute atomic E-state index is 0.470. The van der Waals surface area contributed by atoms with Crippen molar-refractivity contribution in [2.75, 3.05) is 13.2 Å². The Morgan fingerprint density at radius 2 is 1.42 bits per heavy atom. The van der Waals surface area contributed by atoms with Crippen molar-refractivity contribution < 1.29 is 49.4 Å². The van der Waals surface area contributed by atoms with Crippen molar-refractivity contribution >= 4 is 7.91 Å². The molecule has 1 atom stereocenters. The van der Waals surface area contributed by atoms with Gasteiger partial charge in [0.2, 0.25) is 0 Å². The van der Waals surface area contributed by atoms with Gasteiger partial charge in [0.15, 0.2) is 0 Å². The molecule has 12 heteroatoms. The summed E-state index contributed by atoms with van der Waals surface area (Å²) in [7, 11) is -7.61. The van der Waals surface area contributed by atoms with Crippen LogP contribution in [-0.2, 0) is 15.7 Å². The molecule has 0 aromatic heterocycles. The van der Waals surface area contributed by atoms with E-state index in [-0.39, 0.29) is 0 Å². The Morgan fingerprint density at radius 1 is 0.958 bits per heavy atom. The predicted octanol–water partition coefficient (Wildman–Crippen LogP) is 3.01. The molecule has 0 heterocycles. The maximum atomic E-state index is 13.5. The first-order valence-corrected chi connectivity index (χ1v) is 7.83. The monoisotopic (exact) mass is 382 g/mol. The molecule has 0 aliphatic carbocycles. The minimum atomic E-state index is -7.61. The normalized spacial score (nSPS) is 14.8. The summed E-state index contributed by atoms with van der Waals surface area (Å²) in [6.07, 6.45) is 1.32. The number of hydrogen-bond acceptors (Lipinski definition) is 4. The first-order chi connectivity index (χ1) is 10.8. The Labute approximate surface area is 131 Å². The molecular weight excluding hydrogens is 372 g/mol. The van der Waals surface area contributed by atoms with E-state index in [0.717, 1.165) is 0 Å². The first-order valence-electron chi connectivity index (χ1n) is 5.99. The standard InChI is InChI=1S/C12H10F7O4P/c1-2-3-22-5-6(23-24(18,19,20)21)4-7-8(13)10(15)12(17)11(16)9(7)14/h1,6,20-21H,3-5H2. The van der Waals surface area contributed by atoms with Gasteiger partial charge in [0.1, 0.15) is 0 Å². The van der Waals surface area contributed by atoms with Crippen molar-refractivity contribution in [2.24, 2.45) is 0 Å². The van der Waals surface area contributed by atoms with E-state index in [9.17, 15) is 30.3 Å². The van der Waals surface area contributed by atoms with Gasteiger partial charge in [0.05, 0.1) is 0 Å². The molecule has 0 amide bonds. The fourth-order valence-electron chi connectivity index (χ4n) is 1.68. The van der Waals surface area contributed by atoms with Crippen LogP contribution in [0, 0.1) is 41.4 Å². The summed E-state index contributed by atoms with van der Waals surface area (Å²) in [4.78, 5) is 16.8. The average molecular weight is 382 g/mol. The van der Waals surface area contributed by atoms with E-state index in [1.807, 2.05) is 5.92 Å². The van der Waals surface area contributed by atoms with Crippen LogP contribution in [0.15, 0.2) is 0 Å². The van der Waals surface area contributed by atoms with Crippen LogP contribution in [0.5, 0.6) is 0 Å². The van der Waals surface area contributed by atoms with Crippen LogP contribution in [-0.4, -0.2) is 29.1 Å². The van der Waals surface area contributed by atoms with Gasteiger partial charge in [-0.25, -0.2) is 0 Å². The average Bonchev–Trinajstić information content (AvgIpc) is 2.45. The van der Waals surface area contributed by atoms with Crippen molar-refractivity contribution in [3.05, 3.63) is 34.6 Å². The Morgan fingerprint density at radius 3 is 1.83 bits per heavy atom. The van der Waals surface area contributed by atoms with Gasteiger partial charge in [-0.1, -0.05) is 0 Å². The van der Waals surface area contributed by atoms with Crippen LogP contribution in [0.1, 0.15) is 5.56 Å². The molecule has 24 heavy (non-hydrogen) atoms. The third-order valence-corrected chi connectivity index (χ3v) is 3.19. The quantitative estimate of drug-likeness (QED) is 0.190. The fourth-order valence-corrected chi connectivity index (χ4v) is 2.31. The van der Waals surface area contributed by atoms with Crippen LogP contribution in [0.2, 0.25) is 0 Å². The summed E-state index contributed by atoms with van der Waals surface area (Å²) in [5.74, 6) is -9.66. The maximum absolute atomic E-state index is 13.5. The molecule has 0 fully saturated rings. The van der Waals surface area contributed by atoms with Gasteiger partial charge in [-0.15, -0.1) is 0 Å². The molecule has 0 aliphatic heterocycles. The molecule has 4 nitrogen and oxygen atoms in total. The number of benzene rings is 1. The number of terminal acetylenes is 1. The topological polar surface area (TPSA) is 58.9 Å². The number of ether oxygens (including phenoxy) is 1. The van der Waals surface area contributed by atoms with E-state index >= 15 is 0 Å². The third-order valence-electron chi connectivity index (χ3n) is 2.54. The zero-order valence-corrected chi connectivity index (χ0v) is 12.5. The molecule has 0 saturated carbocycles. The second kappa shape index (κ2) is 7.21. The van der Waals surface area contributed by atoms with E-state index in [0.29, 0.717) is 0 Å². The predicted molar refractivity (Wildman–Crippen MR) is 68.0 cm³/mol. The number of rotatable bonds is 7. The van der Waals surface area contributed by atoms with E-state index in [1.165, 1.54) is 0 Å². The van der Waals surface area contributed by atoms with E-state index in [2.05, 4.69) is 9.26 Å². The molecule has 1 aromatic rings. The SMILES string of the molecule is C#CCOCC(Cc1c(F)c(F)c(F)c(F)c1F)OP(O)(O)(F)F. The summed E-state index contributed by atoms with van der Waals surface area (Å²) in [5, 5.41) is 0. The van der Waals surface area contributed by atoms with E-state index in [1.54, 1.807) is 0 Å². The van der Waals surface area contributed by atoms with Crippen LogP contribution in [0.25, 0.3) is 0 Å². The molecule has 1 unspecified atom stereocenters. The summed E-state index contributed by atoms with van der Waals surface area (Å²) in [5.41, 5.74) is -1.49. The van der Waals surface area contributed by atoms with Gasteiger partial charge in [0.25, 0.3) is 0 Å².